The van der Waals surface area contributed by atoms with E-state index in [9.17, 15) is 0 Å². The molecule has 0 radical (unpaired) electrons. The molecule has 0 aromatic heterocycles. The largest absolute Gasteiger partial charge is 0.369 e. The fourth-order valence-corrected chi connectivity index (χ4v) is 3.40. The molecule has 1 unspecified atom stereocenters. The maximum absolute atomic E-state index is 3.63. The number of piperazine rings is 1. The van der Waals surface area contributed by atoms with Crippen molar-refractivity contribution in [1.29, 1.82) is 0 Å². The van der Waals surface area contributed by atoms with Gasteiger partial charge in [0.15, 0.2) is 0 Å². The van der Waals surface area contributed by atoms with Crippen LogP contribution in [-0.4, -0.2) is 43.7 Å². The molecule has 1 heterocycles. The Bertz CT molecular complexity index is 453. The van der Waals surface area contributed by atoms with Gasteiger partial charge in [-0.1, -0.05) is 28.9 Å². The summed E-state index contributed by atoms with van der Waals surface area (Å²) in [6, 6.07) is 7.71. The van der Waals surface area contributed by atoms with Crippen molar-refractivity contribution in [1.82, 2.24) is 10.2 Å². The van der Waals surface area contributed by atoms with Gasteiger partial charge in [0, 0.05) is 48.4 Å². The van der Waals surface area contributed by atoms with Crippen molar-refractivity contribution in [2.75, 3.05) is 37.6 Å². The Morgan fingerprint density at radius 1 is 1.14 bits per heavy atom. The molecule has 118 valence electrons. The summed E-state index contributed by atoms with van der Waals surface area (Å²) in [6.07, 6.45) is 0. The summed E-state index contributed by atoms with van der Waals surface area (Å²) < 4.78 is 1.16. The van der Waals surface area contributed by atoms with Crippen LogP contribution in [0.15, 0.2) is 22.7 Å². The lowest BCUT2D eigenvalue weighted by atomic mass is 10.0. The van der Waals surface area contributed by atoms with E-state index >= 15 is 0 Å². The van der Waals surface area contributed by atoms with Gasteiger partial charge >= 0.3 is 0 Å². The van der Waals surface area contributed by atoms with E-state index in [2.05, 4.69) is 76.9 Å². The van der Waals surface area contributed by atoms with Crippen LogP contribution in [0, 0.1) is 0 Å². The number of nitrogens with one attached hydrogen (secondary N) is 1. The van der Waals surface area contributed by atoms with Crippen molar-refractivity contribution in [2.45, 2.75) is 39.8 Å². The zero-order chi connectivity index (χ0) is 15.4. The molecule has 1 aliphatic rings. The van der Waals surface area contributed by atoms with Gasteiger partial charge in [0.05, 0.1) is 0 Å². The molecule has 0 saturated carbocycles. The van der Waals surface area contributed by atoms with Crippen LogP contribution in [-0.2, 0) is 0 Å². The van der Waals surface area contributed by atoms with Gasteiger partial charge in [-0.25, -0.2) is 0 Å². The summed E-state index contributed by atoms with van der Waals surface area (Å²) in [7, 11) is 0. The van der Waals surface area contributed by atoms with Crippen LogP contribution >= 0.6 is 15.9 Å². The molecule has 2 rings (SSSR count). The summed E-state index contributed by atoms with van der Waals surface area (Å²) in [5.41, 5.74) is 2.78. The fourth-order valence-electron chi connectivity index (χ4n) is 3.05. The Labute approximate surface area is 137 Å². The maximum atomic E-state index is 3.63. The summed E-state index contributed by atoms with van der Waals surface area (Å²) in [6.45, 7) is 14.5. The molecule has 3 nitrogen and oxygen atoms in total. The highest BCUT2D eigenvalue weighted by atomic mass is 79.9. The number of rotatable bonds is 5. The van der Waals surface area contributed by atoms with Crippen molar-refractivity contribution >= 4 is 21.6 Å². The molecule has 1 saturated heterocycles. The number of anilines is 1. The van der Waals surface area contributed by atoms with E-state index < -0.39 is 0 Å². The molecule has 1 atom stereocenters. The Balaban J connectivity index is 2.17. The topological polar surface area (TPSA) is 18.5 Å². The molecule has 0 bridgehead atoms. The Hall–Kier alpha value is -0.580. The lowest BCUT2D eigenvalue weighted by Crippen LogP contribution is -2.49. The van der Waals surface area contributed by atoms with Gasteiger partial charge in [0.1, 0.15) is 0 Å². The summed E-state index contributed by atoms with van der Waals surface area (Å²) in [5, 5.41) is 3.54. The fraction of sp³-hybridized carbons (Fsp3) is 0.647. The predicted molar refractivity (Wildman–Crippen MR) is 95.2 cm³/mol. The number of hydrogen-bond donors (Lipinski definition) is 1. The summed E-state index contributed by atoms with van der Waals surface area (Å²) >= 11 is 3.63. The molecular weight excluding hydrogens is 326 g/mol. The molecule has 1 aromatic carbocycles. The third-order valence-corrected chi connectivity index (χ3v) is 4.85. The molecule has 1 aromatic rings. The molecule has 0 amide bonds. The SMILES string of the molecule is CCNC(C)c1ccc(Br)cc1N1CCN(C(C)C)CC1. The van der Waals surface area contributed by atoms with Crippen molar-refractivity contribution in [2.24, 2.45) is 0 Å². The minimum Gasteiger partial charge on any atom is -0.369 e. The lowest BCUT2D eigenvalue weighted by Gasteiger charge is -2.39. The minimum atomic E-state index is 0.390. The van der Waals surface area contributed by atoms with Crippen LogP contribution in [0.1, 0.15) is 39.3 Å². The number of halogens is 1. The van der Waals surface area contributed by atoms with E-state index in [0.717, 1.165) is 37.2 Å². The highest BCUT2D eigenvalue weighted by molar-refractivity contribution is 9.10. The van der Waals surface area contributed by atoms with E-state index in [0.29, 0.717) is 12.1 Å². The molecule has 0 aliphatic carbocycles. The lowest BCUT2D eigenvalue weighted by molar-refractivity contribution is 0.209. The zero-order valence-electron chi connectivity index (χ0n) is 13.7. The van der Waals surface area contributed by atoms with Crippen LogP contribution in [0.3, 0.4) is 0 Å². The second-order valence-electron chi connectivity index (χ2n) is 6.10. The molecule has 1 N–H and O–H groups in total. The van der Waals surface area contributed by atoms with Crippen LogP contribution in [0.2, 0.25) is 0 Å². The highest BCUT2D eigenvalue weighted by Crippen LogP contribution is 2.30. The average Bonchev–Trinajstić information content (AvgIpc) is 2.47. The van der Waals surface area contributed by atoms with Crippen molar-refractivity contribution in [3.8, 4) is 0 Å². The Morgan fingerprint density at radius 3 is 2.38 bits per heavy atom. The number of nitrogens with zero attached hydrogens (tertiary/aromatic N) is 2. The Morgan fingerprint density at radius 2 is 1.81 bits per heavy atom. The van der Waals surface area contributed by atoms with Crippen LogP contribution in [0.25, 0.3) is 0 Å². The molecule has 1 fully saturated rings. The molecule has 0 spiro atoms. The van der Waals surface area contributed by atoms with E-state index in [4.69, 9.17) is 0 Å². The highest BCUT2D eigenvalue weighted by Gasteiger charge is 2.22. The van der Waals surface area contributed by atoms with Crippen molar-refractivity contribution < 1.29 is 0 Å². The normalized spacial score (nSPS) is 18.3. The number of hydrogen-bond acceptors (Lipinski definition) is 3. The predicted octanol–water partition coefficient (Wildman–Crippen LogP) is 3.65. The first-order valence-corrected chi connectivity index (χ1v) is 8.84. The van der Waals surface area contributed by atoms with Crippen LogP contribution in [0.5, 0.6) is 0 Å². The third-order valence-electron chi connectivity index (χ3n) is 4.35. The average molecular weight is 354 g/mol. The zero-order valence-corrected chi connectivity index (χ0v) is 15.3. The monoisotopic (exact) mass is 353 g/mol. The van der Waals surface area contributed by atoms with Crippen molar-refractivity contribution in [3.63, 3.8) is 0 Å². The van der Waals surface area contributed by atoms with Gasteiger partial charge < -0.3 is 10.2 Å². The first-order valence-electron chi connectivity index (χ1n) is 8.04. The molecular formula is C17H28BrN3. The number of benzene rings is 1. The van der Waals surface area contributed by atoms with Gasteiger partial charge in [-0.3, -0.25) is 4.90 Å². The summed E-state index contributed by atoms with van der Waals surface area (Å²) in [4.78, 5) is 5.09. The van der Waals surface area contributed by atoms with Gasteiger partial charge in [-0.15, -0.1) is 0 Å². The van der Waals surface area contributed by atoms with Gasteiger partial charge in [-0.05, 0) is 45.0 Å². The van der Waals surface area contributed by atoms with Crippen molar-refractivity contribution in [3.05, 3.63) is 28.2 Å². The second-order valence-corrected chi connectivity index (χ2v) is 7.01. The second kappa shape index (κ2) is 7.61. The Kier molecular flexibility index (Phi) is 6.08. The maximum Gasteiger partial charge on any atom is 0.0426 e. The van der Waals surface area contributed by atoms with Crippen LogP contribution in [0.4, 0.5) is 5.69 Å². The van der Waals surface area contributed by atoms with Gasteiger partial charge in [-0.2, -0.15) is 0 Å². The van der Waals surface area contributed by atoms with E-state index in [1.807, 2.05) is 0 Å². The van der Waals surface area contributed by atoms with Gasteiger partial charge in [0.2, 0.25) is 0 Å². The van der Waals surface area contributed by atoms with Crippen LogP contribution < -0.4 is 10.2 Å². The quantitative estimate of drug-likeness (QED) is 0.871. The molecule has 4 heteroatoms. The van der Waals surface area contributed by atoms with Gasteiger partial charge in [0.25, 0.3) is 0 Å². The third kappa shape index (κ3) is 4.21. The van der Waals surface area contributed by atoms with E-state index in [1.165, 1.54) is 11.3 Å². The smallest absolute Gasteiger partial charge is 0.0426 e. The molecule has 21 heavy (non-hydrogen) atoms. The summed E-state index contributed by atoms with van der Waals surface area (Å²) in [5.74, 6) is 0. The first-order chi connectivity index (χ1) is 10.0. The van der Waals surface area contributed by atoms with E-state index in [-0.39, 0.29) is 0 Å². The van der Waals surface area contributed by atoms with E-state index in [1.54, 1.807) is 0 Å². The standard InChI is InChI=1S/C17H28BrN3/c1-5-19-14(4)16-7-6-15(18)12-17(16)21-10-8-20(9-11-21)13(2)3/h6-7,12-14,19H,5,8-11H2,1-4H3. The first kappa shape index (κ1) is 16.8. The minimum absolute atomic E-state index is 0.390. The molecule has 1 aliphatic heterocycles.